The van der Waals surface area contributed by atoms with Gasteiger partial charge < -0.3 is 15.4 Å². The number of ether oxygens (including phenoxy) is 1. The molecule has 0 saturated carbocycles. The molecule has 2 N–H and O–H groups in total. The molecule has 35 heavy (non-hydrogen) atoms. The fourth-order valence-electron chi connectivity index (χ4n) is 3.83. The first-order valence-corrected chi connectivity index (χ1v) is 11.4. The Morgan fingerprint density at radius 1 is 0.857 bits per heavy atom. The molecular formula is C28H28N4O3. The molecule has 0 aliphatic heterocycles. The number of carbonyl (C=O) groups is 2. The van der Waals surface area contributed by atoms with E-state index in [0.29, 0.717) is 30.0 Å². The van der Waals surface area contributed by atoms with E-state index in [4.69, 9.17) is 4.74 Å². The van der Waals surface area contributed by atoms with Crippen molar-refractivity contribution in [3.05, 3.63) is 113 Å². The van der Waals surface area contributed by atoms with Crippen LogP contribution in [-0.2, 0) is 13.2 Å². The zero-order valence-electron chi connectivity index (χ0n) is 20.0. The number of rotatable bonds is 8. The summed E-state index contributed by atoms with van der Waals surface area (Å²) in [5, 5.41) is 10.3. The molecule has 0 spiro atoms. The molecule has 0 saturated heterocycles. The monoisotopic (exact) mass is 468 g/mol. The van der Waals surface area contributed by atoms with Crippen LogP contribution in [0, 0.1) is 13.8 Å². The number of nitrogens with one attached hydrogen (secondary N) is 2. The molecule has 2 amide bonds. The molecule has 0 atom stereocenters. The third kappa shape index (κ3) is 5.76. The number of hydrogen-bond acceptors (Lipinski definition) is 4. The van der Waals surface area contributed by atoms with Crippen molar-refractivity contribution in [3.63, 3.8) is 0 Å². The zero-order valence-corrected chi connectivity index (χ0v) is 20.0. The second-order valence-electron chi connectivity index (χ2n) is 8.24. The summed E-state index contributed by atoms with van der Waals surface area (Å²) < 4.78 is 7.63. The van der Waals surface area contributed by atoms with E-state index in [1.807, 2.05) is 85.3 Å². The Morgan fingerprint density at radius 3 is 2.23 bits per heavy atom. The summed E-state index contributed by atoms with van der Waals surface area (Å²) >= 11 is 0. The van der Waals surface area contributed by atoms with Crippen LogP contribution in [0.4, 0.5) is 5.69 Å². The predicted octanol–water partition coefficient (Wildman–Crippen LogP) is 4.74. The van der Waals surface area contributed by atoms with Crippen LogP contribution in [-0.4, -0.2) is 28.6 Å². The van der Waals surface area contributed by atoms with E-state index in [2.05, 4.69) is 15.7 Å². The third-order valence-corrected chi connectivity index (χ3v) is 5.71. The molecule has 0 fully saturated rings. The maximum Gasteiger partial charge on any atom is 0.255 e. The van der Waals surface area contributed by atoms with Crippen LogP contribution in [0.1, 0.15) is 43.2 Å². The van der Waals surface area contributed by atoms with E-state index in [0.717, 1.165) is 28.3 Å². The fourth-order valence-corrected chi connectivity index (χ4v) is 3.83. The molecule has 4 aromatic rings. The van der Waals surface area contributed by atoms with E-state index in [-0.39, 0.29) is 11.8 Å². The van der Waals surface area contributed by atoms with Gasteiger partial charge >= 0.3 is 0 Å². The summed E-state index contributed by atoms with van der Waals surface area (Å²) in [6, 6.07) is 24.4. The number of para-hydroxylation sites is 1. The van der Waals surface area contributed by atoms with Gasteiger partial charge in [-0.25, -0.2) is 0 Å². The summed E-state index contributed by atoms with van der Waals surface area (Å²) in [5.74, 6) is 0.436. The first kappa shape index (κ1) is 23.8. The molecule has 0 unspecified atom stereocenters. The lowest BCUT2D eigenvalue weighted by Crippen LogP contribution is -2.18. The Morgan fingerprint density at radius 2 is 1.51 bits per heavy atom. The van der Waals surface area contributed by atoms with E-state index >= 15 is 0 Å². The van der Waals surface area contributed by atoms with Crippen molar-refractivity contribution in [2.24, 2.45) is 0 Å². The Hall–Kier alpha value is -4.39. The smallest absolute Gasteiger partial charge is 0.255 e. The standard InChI is InChI=1S/C28H28N4O3/c1-19-26(20(2)32(31-19)17-21-9-7-11-23(15-21)27(33)29-3)30-28(34)24-12-8-10-22(16-24)18-35-25-13-5-4-6-14-25/h4-16H,17-18H2,1-3H3,(H,29,33)(H,30,34). The van der Waals surface area contributed by atoms with E-state index < -0.39 is 0 Å². The molecule has 7 heteroatoms. The first-order valence-electron chi connectivity index (χ1n) is 11.4. The highest BCUT2D eigenvalue weighted by molar-refractivity contribution is 6.05. The number of aromatic nitrogens is 2. The van der Waals surface area contributed by atoms with Gasteiger partial charge in [0.05, 0.1) is 23.6 Å². The third-order valence-electron chi connectivity index (χ3n) is 5.71. The van der Waals surface area contributed by atoms with Gasteiger partial charge in [-0.05, 0) is 61.4 Å². The van der Waals surface area contributed by atoms with E-state index in [9.17, 15) is 9.59 Å². The lowest BCUT2D eigenvalue weighted by Gasteiger charge is -2.10. The van der Waals surface area contributed by atoms with Gasteiger partial charge in [-0.1, -0.05) is 42.5 Å². The molecule has 4 rings (SSSR count). The lowest BCUT2D eigenvalue weighted by atomic mass is 10.1. The molecule has 3 aromatic carbocycles. The minimum absolute atomic E-state index is 0.135. The summed E-state index contributed by atoms with van der Waals surface area (Å²) in [5.41, 5.74) is 5.23. The highest BCUT2D eigenvalue weighted by Gasteiger charge is 2.16. The molecule has 1 aromatic heterocycles. The van der Waals surface area contributed by atoms with Crippen molar-refractivity contribution in [2.45, 2.75) is 27.0 Å². The van der Waals surface area contributed by atoms with Gasteiger partial charge in [0.2, 0.25) is 0 Å². The zero-order chi connectivity index (χ0) is 24.8. The van der Waals surface area contributed by atoms with Crippen LogP contribution < -0.4 is 15.4 Å². The van der Waals surface area contributed by atoms with Crippen molar-refractivity contribution in [1.29, 1.82) is 0 Å². The van der Waals surface area contributed by atoms with Gasteiger partial charge in [0.1, 0.15) is 12.4 Å². The quantitative estimate of drug-likeness (QED) is 0.391. The second kappa shape index (κ2) is 10.7. The van der Waals surface area contributed by atoms with Crippen molar-refractivity contribution < 1.29 is 14.3 Å². The topological polar surface area (TPSA) is 85.3 Å². The molecular weight excluding hydrogens is 440 g/mol. The first-order chi connectivity index (χ1) is 16.9. The summed E-state index contributed by atoms with van der Waals surface area (Å²) in [7, 11) is 1.61. The average molecular weight is 469 g/mol. The lowest BCUT2D eigenvalue weighted by molar-refractivity contribution is 0.0962. The molecule has 0 aliphatic carbocycles. The van der Waals surface area contributed by atoms with Crippen LogP contribution in [0.15, 0.2) is 78.9 Å². The number of carbonyl (C=O) groups excluding carboxylic acids is 2. The van der Waals surface area contributed by atoms with Gasteiger partial charge in [0.15, 0.2) is 0 Å². The maximum atomic E-state index is 13.0. The Kier molecular flexibility index (Phi) is 7.26. The number of aryl methyl sites for hydroxylation is 1. The van der Waals surface area contributed by atoms with Crippen molar-refractivity contribution in [3.8, 4) is 5.75 Å². The molecule has 1 heterocycles. The maximum absolute atomic E-state index is 13.0. The van der Waals surface area contributed by atoms with Crippen molar-refractivity contribution >= 4 is 17.5 Å². The fraction of sp³-hybridized carbons (Fsp3) is 0.179. The van der Waals surface area contributed by atoms with Gasteiger partial charge in [0.25, 0.3) is 11.8 Å². The van der Waals surface area contributed by atoms with E-state index in [1.54, 1.807) is 19.2 Å². The van der Waals surface area contributed by atoms with Crippen LogP contribution in [0.3, 0.4) is 0 Å². The Bertz CT molecular complexity index is 1350. The highest BCUT2D eigenvalue weighted by Crippen LogP contribution is 2.22. The van der Waals surface area contributed by atoms with Gasteiger partial charge in [-0.3, -0.25) is 14.3 Å². The van der Waals surface area contributed by atoms with Crippen molar-refractivity contribution in [1.82, 2.24) is 15.1 Å². The molecule has 178 valence electrons. The minimum atomic E-state index is -0.209. The number of anilines is 1. The summed E-state index contributed by atoms with van der Waals surface area (Å²) in [4.78, 5) is 25.0. The second-order valence-corrected chi connectivity index (χ2v) is 8.24. The number of benzene rings is 3. The van der Waals surface area contributed by atoms with Crippen LogP contribution in [0.25, 0.3) is 0 Å². The number of amides is 2. The van der Waals surface area contributed by atoms with Crippen LogP contribution in [0.5, 0.6) is 5.75 Å². The normalized spacial score (nSPS) is 10.6. The SMILES string of the molecule is CNC(=O)c1cccc(Cn2nc(C)c(NC(=O)c3cccc(COc4ccccc4)c3)c2C)c1. The van der Waals surface area contributed by atoms with Gasteiger partial charge in [-0.2, -0.15) is 5.10 Å². The Labute approximate surface area is 204 Å². The van der Waals surface area contributed by atoms with Gasteiger partial charge in [-0.15, -0.1) is 0 Å². The summed E-state index contributed by atoms with van der Waals surface area (Å²) in [6.45, 7) is 4.64. The number of hydrogen-bond donors (Lipinski definition) is 2. The Balaban J connectivity index is 1.46. The van der Waals surface area contributed by atoms with E-state index in [1.165, 1.54) is 0 Å². The molecule has 7 nitrogen and oxygen atoms in total. The molecule has 0 radical (unpaired) electrons. The minimum Gasteiger partial charge on any atom is -0.489 e. The average Bonchev–Trinajstić information content (AvgIpc) is 3.15. The summed E-state index contributed by atoms with van der Waals surface area (Å²) in [6.07, 6.45) is 0. The predicted molar refractivity (Wildman–Crippen MR) is 136 cm³/mol. The van der Waals surface area contributed by atoms with Crippen LogP contribution in [0.2, 0.25) is 0 Å². The highest BCUT2D eigenvalue weighted by atomic mass is 16.5. The number of nitrogens with zero attached hydrogens (tertiary/aromatic N) is 2. The van der Waals surface area contributed by atoms with Gasteiger partial charge in [0, 0.05) is 18.2 Å². The largest absolute Gasteiger partial charge is 0.489 e. The van der Waals surface area contributed by atoms with Crippen molar-refractivity contribution in [2.75, 3.05) is 12.4 Å². The molecule has 0 aliphatic rings. The molecule has 0 bridgehead atoms. The van der Waals surface area contributed by atoms with Crippen LogP contribution >= 0.6 is 0 Å².